The molecule has 4 nitrogen and oxygen atoms in total. The molecule has 1 aromatic rings. The summed E-state index contributed by atoms with van der Waals surface area (Å²) in [6.45, 7) is 6.86. The summed E-state index contributed by atoms with van der Waals surface area (Å²) < 4.78 is 0. The molecule has 1 aliphatic heterocycles. The first-order chi connectivity index (χ1) is 11.6. The highest BCUT2D eigenvalue weighted by Gasteiger charge is 2.25. The second kappa shape index (κ2) is 7.56. The van der Waals surface area contributed by atoms with E-state index in [0.717, 1.165) is 31.6 Å². The first-order valence-corrected chi connectivity index (χ1v) is 9.40. The SMILES string of the molecule is CC(C)N1Cc2cccc(NCC(=O)N(C)C3CCCCC3)c2C1. The van der Waals surface area contributed by atoms with E-state index in [9.17, 15) is 4.79 Å². The van der Waals surface area contributed by atoms with E-state index in [1.165, 1.54) is 30.4 Å². The molecule has 0 saturated heterocycles. The molecule has 2 aliphatic rings. The maximum atomic E-state index is 12.5. The van der Waals surface area contributed by atoms with Crippen LogP contribution in [-0.2, 0) is 17.9 Å². The summed E-state index contributed by atoms with van der Waals surface area (Å²) >= 11 is 0. The lowest BCUT2D eigenvalue weighted by Crippen LogP contribution is -2.41. The molecule has 1 aromatic carbocycles. The Hall–Kier alpha value is -1.55. The van der Waals surface area contributed by atoms with Crippen LogP contribution in [0.2, 0.25) is 0 Å². The highest BCUT2D eigenvalue weighted by Crippen LogP contribution is 2.30. The Labute approximate surface area is 146 Å². The van der Waals surface area contributed by atoms with Crippen LogP contribution in [-0.4, -0.2) is 41.4 Å². The van der Waals surface area contributed by atoms with Gasteiger partial charge in [0.2, 0.25) is 5.91 Å². The molecule has 3 rings (SSSR count). The van der Waals surface area contributed by atoms with Gasteiger partial charge in [0.1, 0.15) is 0 Å². The van der Waals surface area contributed by atoms with E-state index in [4.69, 9.17) is 0 Å². The standard InChI is InChI=1S/C20H31N3O/c1-15(2)23-13-16-8-7-11-19(18(16)14-23)21-12-20(24)22(3)17-9-5-4-6-10-17/h7-8,11,15,17,21H,4-6,9-10,12-14H2,1-3H3. The summed E-state index contributed by atoms with van der Waals surface area (Å²) in [5, 5.41) is 3.41. The summed E-state index contributed by atoms with van der Waals surface area (Å²) in [6.07, 6.45) is 6.15. The van der Waals surface area contributed by atoms with Gasteiger partial charge in [-0.3, -0.25) is 9.69 Å². The second-order valence-electron chi connectivity index (χ2n) is 7.59. The monoisotopic (exact) mass is 329 g/mol. The molecule has 132 valence electrons. The van der Waals surface area contributed by atoms with Gasteiger partial charge in [0.05, 0.1) is 6.54 Å². The Morgan fingerprint density at radius 3 is 2.71 bits per heavy atom. The van der Waals surface area contributed by atoms with Crippen molar-refractivity contribution in [3.8, 4) is 0 Å². The highest BCUT2D eigenvalue weighted by molar-refractivity contribution is 5.81. The minimum absolute atomic E-state index is 0.207. The summed E-state index contributed by atoms with van der Waals surface area (Å²) in [5.74, 6) is 0.207. The molecule has 0 unspecified atom stereocenters. The van der Waals surface area contributed by atoms with E-state index in [-0.39, 0.29) is 5.91 Å². The second-order valence-corrected chi connectivity index (χ2v) is 7.59. The van der Waals surface area contributed by atoms with Crippen LogP contribution < -0.4 is 5.32 Å². The van der Waals surface area contributed by atoms with Crippen LogP contribution >= 0.6 is 0 Å². The lowest BCUT2D eigenvalue weighted by molar-refractivity contribution is -0.130. The van der Waals surface area contributed by atoms with Crippen LogP contribution in [0.5, 0.6) is 0 Å². The van der Waals surface area contributed by atoms with Crippen molar-refractivity contribution in [2.75, 3.05) is 18.9 Å². The van der Waals surface area contributed by atoms with Crippen LogP contribution in [0.3, 0.4) is 0 Å². The molecule has 1 fully saturated rings. The molecule has 1 amide bonds. The van der Waals surface area contributed by atoms with Gasteiger partial charge in [0, 0.05) is 37.9 Å². The Morgan fingerprint density at radius 2 is 2.00 bits per heavy atom. The molecule has 0 aromatic heterocycles. The fourth-order valence-corrected chi connectivity index (χ4v) is 3.95. The molecule has 1 saturated carbocycles. The molecule has 1 heterocycles. The zero-order valence-corrected chi connectivity index (χ0v) is 15.3. The van der Waals surface area contributed by atoms with Crippen LogP contribution in [0.1, 0.15) is 57.1 Å². The summed E-state index contributed by atoms with van der Waals surface area (Å²) in [4.78, 5) is 17.0. The number of anilines is 1. The molecule has 1 aliphatic carbocycles. The van der Waals surface area contributed by atoms with E-state index < -0.39 is 0 Å². The van der Waals surface area contributed by atoms with Crippen molar-refractivity contribution >= 4 is 11.6 Å². The zero-order chi connectivity index (χ0) is 17.1. The topological polar surface area (TPSA) is 35.6 Å². The number of hydrogen-bond acceptors (Lipinski definition) is 3. The van der Waals surface area contributed by atoms with Gasteiger partial charge >= 0.3 is 0 Å². The summed E-state index contributed by atoms with van der Waals surface area (Å²) in [5.41, 5.74) is 3.88. The molecule has 0 bridgehead atoms. The van der Waals surface area contributed by atoms with Crippen LogP contribution in [0.15, 0.2) is 18.2 Å². The number of rotatable bonds is 5. The number of fused-ring (bicyclic) bond motifs is 1. The highest BCUT2D eigenvalue weighted by atomic mass is 16.2. The summed E-state index contributed by atoms with van der Waals surface area (Å²) in [6, 6.07) is 7.39. The fraction of sp³-hybridized carbons (Fsp3) is 0.650. The number of likely N-dealkylation sites (N-methyl/N-ethyl adjacent to an activating group) is 1. The number of amides is 1. The Kier molecular flexibility index (Phi) is 5.44. The van der Waals surface area contributed by atoms with Crippen LogP contribution in [0.4, 0.5) is 5.69 Å². The Bertz CT molecular complexity index is 578. The van der Waals surface area contributed by atoms with Crippen molar-refractivity contribution in [1.82, 2.24) is 9.80 Å². The number of carbonyl (C=O) groups excluding carboxylic acids is 1. The van der Waals surface area contributed by atoms with Crippen molar-refractivity contribution in [3.05, 3.63) is 29.3 Å². The summed E-state index contributed by atoms with van der Waals surface area (Å²) in [7, 11) is 1.97. The molecule has 24 heavy (non-hydrogen) atoms. The molecule has 0 radical (unpaired) electrons. The normalized spacial score (nSPS) is 18.7. The molecular weight excluding hydrogens is 298 g/mol. The lowest BCUT2D eigenvalue weighted by atomic mass is 9.94. The quantitative estimate of drug-likeness (QED) is 0.896. The van der Waals surface area contributed by atoms with Gasteiger partial charge in [-0.2, -0.15) is 0 Å². The van der Waals surface area contributed by atoms with Gasteiger partial charge in [-0.05, 0) is 43.9 Å². The van der Waals surface area contributed by atoms with E-state index in [2.05, 4.69) is 42.3 Å². The van der Waals surface area contributed by atoms with Crippen molar-refractivity contribution in [1.29, 1.82) is 0 Å². The smallest absolute Gasteiger partial charge is 0.241 e. The molecule has 4 heteroatoms. The third-order valence-corrected chi connectivity index (χ3v) is 5.68. The number of hydrogen-bond donors (Lipinski definition) is 1. The largest absolute Gasteiger partial charge is 0.376 e. The molecular formula is C20H31N3O. The van der Waals surface area contributed by atoms with Gasteiger partial charge in [0.15, 0.2) is 0 Å². The number of benzene rings is 1. The van der Waals surface area contributed by atoms with E-state index in [1.54, 1.807) is 0 Å². The predicted octanol–water partition coefficient (Wildman–Crippen LogP) is 3.61. The third kappa shape index (κ3) is 3.75. The van der Waals surface area contributed by atoms with Gasteiger partial charge < -0.3 is 10.2 Å². The molecule has 1 N–H and O–H groups in total. The average molecular weight is 329 g/mol. The van der Waals surface area contributed by atoms with Crippen molar-refractivity contribution in [2.45, 2.75) is 71.1 Å². The van der Waals surface area contributed by atoms with Gasteiger partial charge in [-0.1, -0.05) is 31.4 Å². The third-order valence-electron chi connectivity index (χ3n) is 5.68. The van der Waals surface area contributed by atoms with E-state index >= 15 is 0 Å². The Balaban J connectivity index is 1.59. The minimum atomic E-state index is 0.207. The van der Waals surface area contributed by atoms with Crippen LogP contribution in [0, 0.1) is 0 Å². The molecule has 0 spiro atoms. The first kappa shape index (κ1) is 17.3. The van der Waals surface area contributed by atoms with Crippen molar-refractivity contribution in [2.24, 2.45) is 0 Å². The van der Waals surface area contributed by atoms with Crippen molar-refractivity contribution < 1.29 is 4.79 Å². The predicted molar refractivity (Wildman–Crippen MR) is 99.0 cm³/mol. The fourth-order valence-electron chi connectivity index (χ4n) is 3.95. The maximum Gasteiger partial charge on any atom is 0.241 e. The average Bonchev–Trinajstić information content (AvgIpc) is 3.05. The maximum absolute atomic E-state index is 12.5. The van der Waals surface area contributed by atoms with E-state index in [1.807, 2.05) is 11.9 Å². The van der Waals surface area contributed by atoms with E-state index in [0.29, 0.717) is 18.6 Å². The zero-order valence-electron chi connectivity index (χ0n) is 15.3. The van der Waals surface area contributed by atoms with Gasteiger partial charge in [-0.15, -0.1) is 0 Å². The Morgan fingerprint density at radius 1 is 1.25 bits per heavy atom. The number of nitrogens with one attached hydrogen (secondary N) is 1. The number of carbonyl (C=O) groups is 1. The van der Waals surface area contributed by atoms with Gasteiger partial charge in [-0.25, -0.2) is 0 Å². The minimum Gasteiger partial charge on any atom is -0.376 e. The van der Waals surface area contributed by atoms with Gasteiger partial charge in [0.25, 0.3) is 0 Å². The molecule has 0 atom stereocenters. The lowest BCUT2D eigenvalue weighted by Gasteiger charge is -2.31. The van der Waals surface area contributed by atoms with Crippen LogP contribution in [0.25, 0.3) is 0 Å². The van der Waals surface area contributed by atoms with Crippen molar-refractivity contribution in [3.63, 3.8) is 0 Å². The first-order valence-electron chi connectivity index (χ1n) is 9.40. The number of nitrogens with zero attached hydrogens (tertiary/aromatic N) is 2.